The predicted octanol–water partition coefficient (Wildman–Crippen LogP) is 2.96. The molecule has 2 heterocycles. The second kappa shape index (κ2) is 8.18. The van der Waals surface area contributed by atoms with Gasteiger partial charge in [0.1, 0.15) is 5.60 Å². The molecule has 154 valence electrons. The van der Waals surface area contributed by atoms with E-state index in [0.29, 0.717) is 25.4 Å². The maximum atomic E-state index is 14.6. The Kier molecular flexibility index (Phi) is 5.63. The second-order valence-electron chi connectivity index (χ2n) is 7.59. The first-order chi connectivity index (χ1) is 14.0. The van der Waals surface area contributed by atoms with Crippen molar-refractivity contribution >= 4 is 11.6 Å². The van der Waals surface area contributed by atoms with Crippen LogP contribution in [0, 0.1) is 0 Å². The van der Waals surface area contributed by atoms with Crippen molar-refractivity contribution < 1.29 is 23.0 Å². The highest BCUT2D eigenvalue weighted by Gasteiger charge is 2.58. The van der Waals surface area contributed by atoms with Crippen molar-refractivity contribution in [3.63, 3.8) is 0 Å². The number of anilines is 1. The molecule has 2 aromatic carbocycles. The van der Waals surface area contributed by atoms with E-state index in [2.05, 4.69) is 4.90 Å². The number of para-hydroxylation sites is 1. The van der Waals surface area contributed by atoms with Crippen molar-refractivity contribution in [1.29, 1.82) is 0 Å². The fraction of sp³-hybridized carbons (Fsp3) is 0.409. The minimum atomic E-state index is -3.90. The summed E-state index contributed by atoms with van der Waals surface area (Å²) in [7, 11) is 0. The molecule has 0 aliphatic carbocycles. The lowest BCUT2D eigenvalue weighted by Crippen LogP contribution is -2.66. The summed E-state index contributed by atoms with van der Waals surface area (Å²) in [5.74, 6) is -1.34. The van der Waals surface area contributed by atoms with Gasteiger partial charge in [0.2, 0.25) is 0 Å². The van der Waals surface area contributed by atoms with E-state index in [1.54, 1.807) is 30.3 Å². The molecule has 2 aromatic rings. The van der Waals surface area contributed by atoms with Crippen LogP contribution in [0.15, 0.2) is 60.7 Å². The number of morpholine rings is 1. The molecule has 0 N–H and O–H groups in total. The largest absolute Gasteiger partial charge is 0.437 e. The number of hydrogen-bond donors (Lipinski definition) is 0. The molecule has 0 radical (unpaired) electrons. The van der Waals surface area contributed by atoms with Gasteiger partial charge in [-0.15, -0.1) is 0 Å². The quantitative estimate of drug-likeness (QED) is 0.789. The number of amides is 1. The molecule has 4 rings (SSSR count). The summed E-state index contributed by atoms with van der Waals surface area (Å²) >= 11 is 0. The minimum Gasteiger partial charge on any atom is -0.377 e. The first-order valence-electron chi connectivity index (χ1n) is 9.77. The molecular weight excluding hydrogens is 378 g/mol. The first-order valence-corrected chi connectivity index (χ1v) is 9.77. The highest BCUT2D eigenvalue weighted by Crippen LogP contribution is 2.36. The fourth-order valence-electron chi connectivity index (χ4n) is 3.95. The van der Waals surface area contributed by atoms with E-state index in [-0.39, 0.29) is 19.7 Å². The van der Waals surface area contributed by atoms with Crippen LogP contribution in [-0.2, 0) is 20.7 Å². The molecule has 2 aliphatic heterocycles. The number of nitrogens with zero attached hydrogens (tertiary/aromatic N) is 2. The zero-order chi connectivity index (χ0) is 20.3. The third-order valence-corrected chi connectivity index (χ3v) is 5.34. The van der Waals surface area contributed by atoms with Crippen LogP contribution >= 0.6 is 0 Å². The van der Waals surface area contributed by atoms with Gasteiger partial charge in [-0.25, -0.2) is 0 Å². The lowest BCUT2D eigenvalue weighted by atomic mass is 10.00. The van der Waals surface area contributed by atoms with Gasteiger partial charge in [-0.05, 0) is 24.1 Å². The van der Waals surface area contributed by atoms with Crippen molar-refractivity contribution in [2.24, 2.45) is 0 Å². The van der Waals surface area contributed by atoms with Gasteiger partial charge in [-0.3, -0.25) is 9.69 Å². The number of halogens is 2. The maximum absolute atomic E-state index is 14.6. The Labute approximate surface area is 168 Å². The number of rotatable bonds is 4. The summed E-state index contributed by atoms with van der Waals surface area (Å²) in [6, 6.07) is 18.5. The predicted molar refractivity (Wildman–Crippen MR) is 105 cm³/mol. The van der Waals surface area contributed by atoms with Crippen LogP contribution in [0.1, 0.15) is 5.56 Å². The average Bonchev–Trinajstić information content (AvgIpc) is 2.92. The zero-order valence-corrected chi connectivity index (χ0v) is 16.1. The molecule has 29 heavy (non-hydrogen) atoms. The van der Waals surface area contributed by atoms with E-state index in [9.17, 15) is 13.6 Å². The Balaban J connectivity index is 1.54. The zero-order valence-electron chi connectivity index (χ0n) is 16.1. The van der Waals surface area contributed by atoms with Crippen LogP contribution in [0.25, 0.3) is 0 Å². The summed E-state index contributed by atoms with van der Waals surface area (Å²) in [5.41, 5.74) is 0.322. The van der Waals surface area contributed by atoms with Gasteiger partial charge in [0.25, 0.3) is 0 Å². The summed E-state index contributed by atoms with van der Waals surface area (Å²) < 4.78 is 40.0. The van der Waals surface area contributed by atoms with Crippen molar-refractivity contribution in [2.45, 2.75) is 18.1 Å². The summed E-state index contributed by atoms with van der Waals surface area (Å²) in [4.78, 5) is 15.5. The molecule has 0 bridgehead atoms. The standard InChI is InChI=1S/C22H24F2N2O3/c23-22(24)20(27)26(19-9-5-2-6-10-19)16-21(29-22)15-25(13-14-28-17-21)12-11-18-7-3-1-4-8-18/h1-10H,11-17H2. The highest BCUT2D eigenvalue weighted by molar-refractivity contribution is 5.98. The average molecular weight is 402 g/mol. The van der Waals surface area contributed by atoms with Gasteiger partial charge in [-0.2, -0.15) is 8.78 Å². The Morgan fingerprint density at radius 2 is 1.66 bits per heavy atom. The summed E-state index contributed by atoms with van der Waals surface area (Å²) in [6.07, 6.45) is -3.10. The SMILES string of the molecule is O=C1N(c2ccccc2)CC2(COCCN(CCc3ccccc3)C2)OC1(F)F. The van der Waals surface area contributed by atoms with E-state index in [1.807, 2.05) is 30.3 Å². The Morgan fingerprint density at radius 3 is 2.38 bits per heavy atom. The molecule has 2 fully saturated rings. The van der Waals surface area contributed by atoms with Gasteiger partial charge in [0.15, 0.2) is 0 Å². The Morgan fingerprint density at radius 1 is 0.966 bits per heavy atom. The van der Waals surface area contributed by atoms with Gasteiger partial charge in [-0.1, -0.05) is 48.5 Å². The normalized spacial score (nSPS) is 25.2. The molecule has 2 aliphatic rings. The second-order valence-corrected chi connectivity index (χ2v) is 7.59. The van der Waals surface area contributed by atoms with Crippen LogP contribution < -0.4 is 4.90 Å². The number of alkyl halides is 2. The number of hydrogen-bond acceptors (Lipinski definition) is 4. The molecule has 5 nitrogen and oxygen atoms in total. The molecule has 0 aromatic heterocycles. The van der Waals surface area contributed by atoms with E-state index in [0.717, 1.165) is 11.3 Å². The third-order valence-electron chi connectivity index (χ3n) is 5.34. The number of carbonyl (C=O) groups excluding carboxylic acids is 1. The molecule has 0 saturated carbocycles. The van der Waals surface area contributed by atoms with E-state index in [1.165, 1.54) is 5.56 Å². The molecular formula is C22H24F2N2O3. The number of ether oxygens (including phenoxy) is 2. The van der Waals surface area contributed by atoms with E-state index in [4.69, 9.17) is 9.47 Å². The minimum absolute atomic E-state index is 0.0149. The van der Waals surface area contributed by atoms with Crippen molar-refractivity contribution in [3.05, 3.63) is 66.2 Å². The molecule has 2 saturated heterocycles. The Bertz CT molecular complexity index is 834. The summed E-state index contributed by atoms with van der Waals surface area (Å²) in [5, 5.41) is 0. The van der Waals surface area contributed by atoms with Crippen molar-refractivity contribution in [2.75, 3.05) is 44.3 Å². The highest BCUT2D eigenvalue weighted by atomic mass is 19.3. The van der Waals surface area contributed by atoms with Crippen LogP contribution in [-0.4, -0.2) is 61.9 Å². The Hall–Kier alpha value is -2.35. The van der Waals surface area contributed by atoms with Gasteiger partial charge in [0.05, 0.1) is 19.8 Å². The maximum Gasteiger partial charge on any atom is 0.437 e. The fourth-order valence-corrected chi connectivity index (χ4v) is 3.95. The van der Waals surface area contributed by atoms with Crippen LogP contribution in [0.2, 0.25) is 0 Å². The van der Waals surface area contributed by atoms with Gasteiger partial charge >= 0.3 is 12.0 Å². The topological polar surface area (TPSA) is 42.0 Å². The van der Waals surface area contributed by atoms with Crippen molar-refractivity contribution in [3.8, 4) is 0 Å². The van der Waals surface area contributed by atoms with Crippen LogP contribution in [0.3, 0.4) is 0 Å². The first kappa shape index (κ1) is 19.9. The molecule has 1 spiro atoms. The smallest absolute Gasteiger partial charge is 0.377 e. The lowest BCUT2D eigenvalue weighted by molar-refractivity contribution is -0.293. The monoisotopic (exact) mass is 402 g/mol. The van der Waals surface area contributed by atoms with E-state index >= 15 is 0 Å². The van der Waals surface area contributed by atoms with Crippen LogP contribution in [0.4, 0.5) is 14.5 Å². The molecule has 1 amide bonds. The third kappa shape index (κ3) is 4.47. The lowest BCUT2D eigenvalue weighted by Gasteiger charge is -2.45. The number of benzene rings is 2. The van der Waals surface area contributed by atoms with Gasteiger partial charge < -0.3 is 14.4 Å². The molecule has 1 atom stereocenters. The summed E-state index contributed by atoms with van der Waals surface area (Å²) in [6.45, 7) is 2.07. The molecule has 1 unspecified atom stereocenters. The molecule has 7 heteroatoms. The number of carbonyl (C=O) groups is 1. The van der Waals surface area contributed by atoms with Gasteiger partial charge in [0, 0.05) is 25.3 Å². The van der Waals surface area contributed by atoms with Crippen LogP contribution in [0.5, 0.6) is 0 Å². The van der Waals surface area contributed by atoms with E-state index < -0.39 is 17.6 Å². The van der Waals surface area contributed by atoms with Crippen molar-refractivity contribution in [1.82, 2.24) is 4.90 Å².